The highest BCUT2D eigenvalue weighted by molar-refractivity contribution is 7.20. The molecule has 0 aliphatic heterocycles. The largest absolute Gasteiger partial charge is 0.433 e. The van der Waals surface area contributed by atoms with Crippen LogP contribution in [0.5, 0.6) is 0 Å². The molecule has 4 rings (SSSR count). The molecule has 7 nitrogen and oxygen atoms in total. The molecule has 0 saturated carbocycles. The molecule has 1 amide bonds. The third-order valence-corrected chi connectivity index (χ3v) is 6.08. The summed E-state index contributed by atoms with van der Waals surface area (Å²) in [5.41, 5.74) is 0.239. The van der Waals surface area contributed by atoms with E-state index in [2.05, 4.69) is 25.4 Å². The molecule has 0 aromatic carbocycles. The highest BCUT2D eigenvalue weighted by Gasteiger charge is 2.33. The van der Waals surface area contributed by atoms with Gasteiger partial charge in [0.2, 0.25) is 11.7 Å². The summed E-state index contributed by atoms with van der Waals surface area (Å²) < 4.78 is 44.4. The Balaban J connectivity index is 1.62. The molecule has 32 heavy (non-hydrogen) atoms. The topological polar surface area (TPSA) is 93.8 Å². The van der Waals surface area contributed by atoms with Gasteiger partial charge in [-0.05, 0) is 42.7 Å². The van der Waals surface area contributed by atoms with Gasteiger partial charge in [0.25, 0.3) is 5.91 Å². The zero-order valence-corrected chi connectivity index (χ0v) is 18.1. The van der Waals surface area contributed by atoms with Crippen LogP contribution in [0.2, 0.25) is 0 Å². The van der Waals surface area contributed by atoms with Crippen LogP contribution < -0.4 is 5.32 Å². The number of thiophene rings is 1. The Bertz CT molecular complexity index is 1270. The molecule has 0 aliphatic rings. The molecule has 1 atom stereocenters. The van der Waals surface area contributed by atoms with E-state index in [-0.39, 0.29) is 21.5 Å². The van der Waals surface area contributed by atoms with Crippen molar-refractivity contribution in [3.05, 3.63) is 58.7 Å². The van der Waals surface area contributed by atoms with Crippen LogP contribution in [0.4, 0.5) is 13.2 Å². The average molecular weight is 461 g/mol. The third-order valence-electron chi connectivity index (χ3n) is 4.88. The number of aromatic nitrogens is 4. The van der Waals surface area contributed by atoms with E-state index in [4.69, 9.17) is 4.52 Å². The van der Waals surface area contributed by atoms with Crippen molar-refractivity contribution in [2.45, 2.75) is 33.0 Å². The monoisotopic (exact) mass is 461 g/mol. The number of hydrogen-bond donors (Lipinski definition) is 1. The van der Waals surface area contributed by atoms with E-state index >= 15 is 0 Å². The molecular weight excluding hydrogens is 443 g/mol. The second kappa shape index (κ2) is 8.30. The van der Waals surface area contributed by atoms with E-state index in [1.54, 1.807) is 31.5 Å². The molecule has 0 spiro atoms. The van der Waals surface area contributed by atoms with Crippen LogP contribution in [0.3, 0.4) is 0 Å². The van der Waals surface area contributed by atoms with Crippen molar-refractivity contribution in [1.82, 2.24) is 25.4 Å². The predicted octanol–water partition coefficient (Wildman–Crippen LogP) is 5.20. The van der Waals surface area contributed by atoms with Crippen LogP contribution in [-0.2, 0) is 6.18 Å². The maximum Gasteiger partial charge on any atom is 0.433 e. The molecule has 4 aromatic rings. The van der Waals surface area contributed by atoms with Gasteiger partial charge in [-0.1, -0.05) is 19.0 Å². The number of alkyl halides is 3. The van der Waals surface area contributed by atoms with Crippen LogP contribution >= 0.6 is 11.3 Å². The number of amides is 1. The fourth-order valence-corrected chi connectivity index (χ4v) is 4.25. The van der Waals surface area contributed by atoms with Crippen LogP contribution in [0.1, 0.15) is 46.7 Å². The SMILES string of the molecule is Cc1c(C(=O)NC(c2nc(-c3cccnc3)no2)C(C)C)sc2nc(C(F)(F)F)ccc12. The first kappa shape index (κ1) is 21.9. The molecule has 0 aliphatic carbocycles. The maximum absolute atomic E-state index is 13.0. The van der Waals surface area contributed by atoms with Gasteiger partial charge in [0.1, 0.15) is 16.6 Å². The zero-order chi connectivity index (χ0) is 23.0. The van der Waals surface area contributed by atoms with Gasteiger partial charge in [-0.15, -0.1) is 11.3 Å². The van der Waals surface area contributed by atoms with Crippen molar-refractivity contribution in [1.29, 1.82) is 0 Å². The number of aryl methyl sites for hydroxylation is 1. The standard InChI is InChI=1S/C21H18F3N5O2S/c1-10(2)15(19-28-17(29-31-19)12-5-4-8-25-9-12)27-18(30)16-11(3)13-6-7-14(21(22,23)24)26-20(13)32-16/h4-10,15H,1-3H3,(H,27,30). The predicted molar refractivity (Wildman–Crippen MR) is 112 cm³/mol. The second-order valence-corrected chi connectivity index (χ2v) is 8.50. The lowest BCUT2D eigenvalue weighted by molar-refractivity contribution is -0.140. The summed E-state index contributed by atoms with van der Waals surface area (Å²) in [6.45, 7) is 5.45. The van der Waals surface area contributed by atoms with Gasteiger partial charge < -0.3 is 9.84 Å². The highest BCUT2D eigenvalue weighted by atomic mass is 32.1. The molecule has 4 aromatic heterocycles. The first-order valence-corrected chi connectivity index (χ1v) is 10.5. The number of fused-ring (bicyclic) bond motifs is 1. The average Bonchev–Trinajstić information content (AvgIpc) is 3.36. The summed E-state index contributed by atoms with van der Waals surface area (Å²) in [4.78, 5) is 25.6. The number of pyridine rings is 2. The van der Waals surface area contributed by atoms with E-state index < -0.39 is 23.8 Å². The van der Waals surface area contributed by atoms with E-state index in [0.717, 1.165) is 17.4 Å². The van der Waals surface area contributed by atoms with Gasteiger partial charge in [-0.25, -0.2) is 4.98 Å². The molecule has 166 valence electrons. The van der Waals surface area contributed by atoms with Gasteiger partial charge in [-0.2, -0.15) is 18.2 Å². The molecule has 0 radical (unpaired) electrons. The molecule has 4 heterocycles. The van der Waals surface area contributed by atoms with Crippen LogP contribution in [-0.4, -0.2) is 26.0 Å². The molecule has 1 N–H and O–H groups in total. The molecule has 0 saturated heterocycles. The minimum absolute atomic E-state index is 0.0919. The zero-order valence-electron chi connectivity index (χ0n) is 17.3. The van der Waals surface area contributed by atoms with Gasteiger partial charge >= 0.3 is 6.18 Å². The Hall–Kier alpha value is -3.34. The third kappa shape index (κ3) is 4.20. The summed E-state index contributed by atoms with van der Waals surface area (Å²) in [7, 11) is 0. The molecule has 0 fully saturated rings. The first-order chi connectivity index (χ1) is 15.1. The van der Waals surface area contributed by atoms with Crippen molar-refractivity contribution < 1.29 is 22.5 Å². The number of rotatable bonds is 5. The minimum atomic E-state index is -4.55. The Morgan fingerprint density at radius 1 is 1.19 bits per heavy atom. The quantitative estimate of drug-likeness (QED) is 0.439. The van der Waals surface area contributed by atoms with Crippen molar-refractivity contribution >= 4 is 27.5 Å². The molecule has 0 bridgehead atoms. The maximum atomic E-state index is 13.0. The lowest BCUT2D eigenvalue weighted by Gasteiger charge is -2.18. The second-order valence-electron chi connectivity index (χ2n) is 7.50. The summed E-state index contributed by atoms with van der Waals surface area (Å²) in [5, 5.41) is 7.34. The van der Waals surface area contributed by atoms with Crippen LogP contribution in [0, 0.1) is 12.8 Å². The Morgan fingerprint density at radius 3 is 2.62 bits per heavy atom. The van der Waals surface area contributed by atoms with Crippen molar-refractivity contribution in [2.24, 2.45) is 5.92 Å². The number of halogens is 3. The van der Waals surface area contributed by atoms with E-state index in [0.29, 0.717) is 22.3 Å². The van der Waals surface area contributed by atoms with Gasteiger partial charge in [-0.3, -0.25) is 9.78 Å². The number of carbonyl (C=O) groups is 1. The summed E-state index contributed by atoms with van der Waals surface area (Å²) in [6.07, 6.45) is -1.33. The number of nitrogens with zero attached hydrogens (tertiary/aromatic N) is 4. The van der Waals surface area contributed by atoms with Crippen molar-refractivity contribution in [3.8, 4) is 11.4 Å². The van der Waals surface area contributed by atoms with E-state index in [1.165, 1.54) is 6.07 Å². The number of hydrogen-bond acceptors (Lipinski definition) is 7. The highest BCUT2D eigenvalue weighted by Crippen LogP contribution is 2.34. The Morgan fingerprint density at radius 2 is 1.97 bits per heavy atom. The molecule has 1 unspecified atom stereocenters. The first-order valence-electron chi connectivity index (χ1n) is 9.67. The molecular formula is C21H18F3N5O2S. The Kier molecular flexibility index (Phi) is 5.68. The van der Waals surface area contributed by atoms with Crippen molar-refractivity contribution in [3.63, 3.8) is 0 Å². The normalized spacial score (nSPS) is 13.0. The van der Waals surface area contributed by atoms with E-state index in [1.807, 2.05) is 13.8 Å². The fraction of sp³-hybridized carbons (Fsp3) is 0.286. The summed E-state index contributed by atoms with van der Waals surface area (Å²) >= 11 is 0.915. The number of nitrogens with one attached hydrogen (secondary N) is 1. The van der Waals surface area contributed by atoms with Crippen LogP contribution in [0.15, 0.2) is 41.2 Å². The van der Waals surface area contributed by atoms with Crippen LogP contribution in [0.25, 0.3) is 21.6 Å². The Labute approximate surface area is 184 Å². The van der Waals surface area contributed by atoms with Crippen molar-refractivity contribution in [2.75, 3.05) is 0 Å². The minimum Gasteiger partial charge on any atom is -0.339 e. The number of carbonyl (C=O) groups excluding carboxylic acids is 1. The molecule has 11 heteroatoms. The van der Waals surface area contributed by atoms with Gasteiger partial charge in [0, 0.05) is 23.3 Å². The lowest BCUT2D eigenvalue weighted by Crippen LogP contribution is -2.31. The summed E-state index contributed by atoms with van der Waals surface area (Å²) in [6, 6.07) is 5.19. The lowest BCUT2D eigenvalue weighted by atomic mass is 10.0. The summed E-state index contributed by atoms with van der Waals surface area (Å²) in [5.74, 6) is 0.0306. The fourth-order valence-electron chi connectivity index (χ4n) is 3.17. The van der Waals surface area contributed by atoms with Gasteiger partial charge in [0.15, 0.2) is 0 Å². The smallest absolute Gasteiger partial charge is 0.339 e. The van der Waals surface area contributed by atoms with E-state index in [9.17, 15) is 18.0 Å². The van der Waals surface area contributed by atoms with Gasteiger partial charge in [0.05, 0.1) is 4.88 Å².